The van der Waals surface area contributed by atoms with Gasteiger partial charge in [-0.15, -0.1) is 0 Å². The van der Waals surface area contributed by atoms with Gasteiger partial charge in [0.1, 0.15) is 0 Å². The van der Waals surface area contributed by atoms with E-state index in [9.17, 15) is 0 Å². The fourth-order valence-corrected chi connectivity index (χ4v) is 17.5. The molecule has 0 saturated heterocycles. The zero-order chi connectivity index (χ0) is 23.1. The average molecular weight is 561 g/mol. The fraction of sp³-hybridized carbons (Fsp3) is 1.00. The summed E-state index contributed by atoms with van der Waals surface area (Å²) in [5.41, 5.74) is 0. The summed E-state index contributed by atoms with van der Waals surface area (Å²) >= 11 is 0.625. The molecule has 0 heterocycles. The van der Waals surface area contributed by atoms with Gasteiger partial charge in [0.2, 0.25) is 0 Å². The molecule has 0 rings (SSSR count). The Hall–Kier alpha value is 1.63. The topological polar surface area (TPSA) is 0 Å². The van der Waals surface area contributed by atoms with Crippen molar-refractivity contribution in [2.75, 3.05) is 0 Å². The Labute approximate surface area is 195 Å². The van der Waals surface area contributed by atoms with Crippen molar-refractivity contribution >= 4 is 46.3 Å². The van der Waals surface area contributed by atoms with E-state index in [1.54, 1.807) is 0 Å². The molecular weight excluding hydrogens is 506 g/mol. The van der Waals surface area contributed by atoms with E-state index in [1.165, 1.54) is 0 Å². The molecule has 0 bridgehead atoms. The van der Waals surface area contributed by atoms with Gasteiger partial charge in [-0.3, -0.25) is 0 Å². The van der Waals surface area contributed by atoms with Gasteiger partial charge in [-0.25, -0.2) is 0 Å². The van der Waals surface area contributed by atoms with E-state index < -0.39 is 0 Å². The van der Waals surface area contributed by atoms with Gasteiger partial charge in [0.25, 0.3) is 0 Å². The minimum atomic E-state index is 0.208. The maximum absolute atomic E-state index is 2.35. The van der Waals surface area contributed by atoms with E-state index in [1.807, 2.05) is 0 Å². The first-order valence-electron chi connectivity index (χ1n) is 10.5. The van der Waals surface area contributed by atoms with Crippen molar-refractivity contribution in [1.29, 1.82) is 0 Å². The first-order chi connectivity index (χ1) is 11.1. The molecule has 0 aromatic rings. The summed E-state index contributed by atoms with van der Waals surface area (Å²) in [7, 11) is 0. The van der Waals surface area contributed by atoms with Crippen LogP contribution >= 0.6 is 0 Å². The number of hydrogen-bond acceptors (Lipinski definition) is 0. The number of rotatable bonds is 0. The first-order valence-corrected chi connectivity index (χ1v) is 16.8. The molecular formula is C24H54Ge3. The van der Waals surface area contributed by atoms with Crippen molar-refractivity contribution in [3.05, 3.63) is 0 Å². The third kappa shape index (κ3) is 47.1. The molecule has 0 aliphatic rings. The van der Waals surface area contributed by atoms with Gasteiger partial charge in [-0.1, -0.05) is 0 Å². The van der Waals surface area contributed by atoms with Crippen LogP contribution in [0.2, 0.25) is 25.5 Å². The Morgan fingerprint density at radius 3 is 0.296 bits per heavy atom. The predicted molar refractivity (Wildman–Crippen MR) is 136 cm³/mol. The Morgan fingerprint density at radius 1 is 0.222 bits per heavy atom. The van der Waals surface area contributed by atoms with Crippen molar-refractivity contribution < 1.29 is 0 Å². The molecule has 0 nitrogen and oxygen atoms in total. The Balaban J connectivity index is -0.000000320. The minimum absolute atomic E-state index is 0.208. The van der Waals surface area contributed by atoms with Crippen LogP contribution in [0.4, 0.5) is 0 Å². The molecule has 6 radical (unpaired) electrons. The van der Waals surface area contributed by atoms with Crippen molar-refractivity contribution in [1.82, 2.24) is 0 Å². The average Bonchev–Trinajstić information content (AvgIpc) is 1.96. The van der Waals surface area contributed by atoms with Crippen LogP contribution in [0.1, 0.15) is 125 Å². The Bertz CT molecular complexity index is 271. The molecule has 0 atom stereocenters. The third-order valence-electron chi connectivity index (χ3n) is 2.25. The summed E-state index contributed by atoms with van der Waals surface area (Å²) in [6.45, 7) is 42.2. The fourth-order valence-electron chi connectivity index (χ4n) is 3.38. The van der Waals surface area contributed by atoms with Crippen molar-refractivity contribution in [3.8, 4) is 0 Å². The molecule has 3 heteroatoms. The van der Waals surface area contributed by atoms with Crippen molar-refractivity contribution in [2.24, 2.45) is 0 Å². The van der Waals surface area contributed by atoms with Crippen LogP contribution in [0.25, 0.3) is 0 Å². The second-order valence-electron chi connectivity index (χ2n) is 13.9. The second kappa shape index (κ2) is 11.9. The van der Waals surface area contributed by atoms with Gasteiger partial charge in [-0.2, -0.15) is 0 Å². The molecule has 0 saturated carbocycles. The van der Waals surface area contributed by atoms with Crippen LogP contribution < -0.4 is 0 Å². The third-order valence-corrected chi connectivity index (χ3v) is 11.7. The molecule has 0 N–H and O–H groups in total. The predicted octanol–water partition coefficient (Wildman–Crippen LogP) is 9.38. The van der Waals surface area contributed by atoms with Gasteiger partial charge in [0.05, 0.1) is 0 Å². The molecule has 0 aliphatic carbocycles. The van der Waals surface area contributed by atoms with Gasteiger partial charge in [0, 0.05) is 0 Å². The van der Waals surface area contributed by atoms with E-state index in [-0.39, 0.29) is 46.3 Å². The van der Waals surface area contributed by atoms with E-state index in [0.29, 0.717) is 25.5 Å². The van der Waals surface area contributed by atoms with Gasteiger partial charge < -0.3 is 0 Å². The van der Waals surface area contributed by atoms with Gasteiger partial charge in [-0.05, 0) is 0 Å². The standard InChI is InChI=1S/3C8H18Ge/c3*1-7(2,3)9-8(4,5)6/h3*1-6H3. The molecule has 0 aromatic heterocycles. The second-order valence-corrected chi connectivity index (χ2v) is 34.3. The van der Waals surface area contributed by atoms with E-state index >= 15 is 0 Å². The molecule has 162 valence electrons. The summed E-state index contributed by atoms with van der Waals surface area (Å²) in [4.78, 5) is 0. The Kier molecular flexibility index (Phi) is 14.6. The maximum atomic E-state index is 2.35. The van der Waals surface area contributed by atoms with Crippen molar-refractivity contribution in [3.63, 3.8) is 0 Å². The normalized spacial score (nSPS) is 14.0. The summed E-state index contributed by atoms with van der Waals surface area (Å²) < 4.78 is 3.66. The molecule has 0 spiro atoms. The zero-order valence-electron chi connectivity index (χ0n) is 22.5. The van der Waals surface area contributed by atoms with Crippen LogP contribution in [0.15, 0.2) is 0 Å². The van der Waals surface area contributed by atoms with Crippen LogP contribution in [0.5, 0.6) is 0 Å². The van der Waals surface area contributed by atoms with E-state index in [2.05, 4.69) is 125 Å². The van der Waals surface area contributed by atoms with Gasteiger partial charge >= 0.3 is 196 Å². The van der Waals surface area contributed by atoms with Gasteiger partial charge in [0.15, 0.2) is 0 Å². The van der Waals surface area contributed by atoms with Crippen LogP contribution in [0.3, 0.4) is 0 Å². The molecule has 27 heavy (non-hydrogen) atoms. The van der Waals surface area contributed by atoms with Crippen LogP contribution in [0, 0.1) is 0 Å². The van der Waals surface area contributed by atoms with E-state index in [0.717, 1.165) is 0 Å². The van der Waals surface area contributed by atoms with E-state index in [4.69, 9.17) is 0 Å². The summed E-state index contributed by atoms with van der Waals surface area (Å²) in [6, 6.07) is 0. The van der Waals surface area contributed by atoms with Crippen LogP contribution in [-0.2, 0) is 0 Å². The summed E-state index contributed by atoms with van der Waals surface area (Å²) in [6.07, 6.45) is 0. The summed E-state index contributed by atoms with van der Waals surface area (Å²) in [5.74, 6) is 0. The van der Waals surface area contributed by atoms with Crippen molar-refractivity contribution in [2.45, 2.75) is 150 Å². The molecule has 0 unspecified atom stereocenters. The molecule has 0 aliphatic heterocycles. The number of hydrogen-bond donors (Lipinski definition) is 0. The SMILES string of the molecule is C[C](C)(C)[Ge][C](C)(C)C.C[C](C)(C)[Ge][C](C)(C)C.C[C](C)(C)[Ge][C](C)(C)C. The first kappa shape index (κ1) is 33.3. The zero-order valence-corrected chi connectivity index (χ0v) is 28.8. The molecule has 0 amide bonds. The monoisotopic (exact) mass is 564 g/mol. The molecule has 0 aromatic carbocycles. The quantitative estimate of drug-likeness (QED) is 0.259. The molecule has 0 fully saturated rings. The summed E-state index contributed by atoms with van der Waals surface area (Å²) in [5, 5.41) is 0. The Morgan fingerprint density at radius 2 is 0.296 bits per heavy atom. The van der Waals surface area contributed by atoms with Crippen LogP contribution in [-0.4, -0.2) is 46.3 Å².